The Morgan fingerprint density at radius 1 is 1.28 bits per heavy atom. The molecule has 1 atom stereocenters. The van der Waals surface area contributed by atoms with Gasteiger partial charge in [-0.2, -0.15) is 0 Å². The zero-order chi connectivity index (χ0) is 13.8. The van der Waals surface area contributed by atoms with Crippen molar-refractivity contribution in [3.8, 4) is 5.75 Å². The smallest absolute Gasteiger partial charge is 0.289 e. The molecule has 5 heteroatoms. The largest absolute Gasteiger partial charge is 0.497 e. The van der Waals surface area contributed by atoms with Crippen LogP contribution < -0.4 is 10.1 Å². The van der Waals surface area contributed by atoms with E-state index in [0.717, 1.165) is 0 Å². The molecule has 0 heterocycles. The third-order valence-electron chi connectivity index (χ3n) is 2.58. The molecular weight excluding hydrogens is 240 g/mol. The molecule has 0 radical (unpaired) electrons. The molecule has 0 amide bonds. The number of alkyl halides is 2. The first-order chi connectivity index (χ1) is 8.36. The number of benzene rings is 1. The number of hydrogen-bond donors (Lipinski definition) is 2. The van der Waals surface area contributed by atoms with Crippen molar-refractivity contribution >= 4 is 0 Å². The van der Waals surface area contributed by atoms with Crippen LogP contribution in [0, 0.1) is 0 Å². The Morgan fingerprint density at radius 2 is 1.83 bits per heavy atom. The first kappa shape index (κ1) is 14.9. The van der Waals surface area contributed by atoms with Crippen LogP contribution in [0.25, 0.3) is 0 Å². The van der Waals surface area contributed by atoms with Crippen LogP contribution in [-0.2, 0) is 0 Å². The van der Waals surface area contributed by atoms with Crippen LogP contribution in [0.2, 0.25) is 0 Å². The Bertz CT molecular complexity index is 366. The van der Waals surface area contributed by atoms with Crippen LogP contribution in [0.1, 0.15) is 25.5 Å². The van der Waals surface area contributed by atoms with Crippen LogP contribution in [0.5, 0.6) is 5.75 Å². The Labute approximate surface area is 106 Å². The van der Waals surface area contributed by atoms with Crippen molar-refractivity contribution in [3.05, 3.63) is 29.8 Å². The van der Waals surface area contributed by atoms with Gasteiger partial charge in [0.1, 0.15) is 11.9 Å². The van der Waals surface area contributed by atoms with Crippen LogP contribution in [-0.4, -0.2) is 30.7 Å². The summed E-state index contributed by atoms with van der Waals surface area (Å²) in [5.74, 6) is -2.65. The SMILES string of the molecule is COc1ccc(C(O)C(F)(F)CNC(C)C)cc1. The van der Waals surface area contributed by atoms with Gasteiger partial charge >= 0.3 is 0 Å². The van der Waals surface area contributed by atoms with Gasteiger partial charge in [0.05, 0.1) is 13.7 Å². The van der Waals surface area contributed by atoms with E-state index in [0.29, 0.717) is 5.75 Å². The topological polar surface area (TPSA) is 41.5 Å². The molecular formula is C13H19F2NO2. The van der Waals surface area contributed by atoms with Crippen molar-refractivity contribution in [3.63, 3.8) is 0 Å². The molecule has 1 unspecified atom stereocenters. The van der Waals surface area contributed by atoms with Crippen LogP contribution in [0.4, 0.5) is 8.78 Å². The molecule has 0 aliphatic rings. The molecule has 0 aliphatic carbocycles. The maximum Gasteiger partial charge on any atom is 0.289 e. The summed E-state index contributed by atoms with van der Waals surface area (Å²) in [5.41, 5.74) is 0.173. The number of ether oxygens (including phenoxy) is 1. The monoisotopic (exact) mass is 259 g/mol. The number of hydrogen-bond acceptors (Lipinski definition) is 3. The fraction of sp³-hybridized carbons (Fsp3) is 0.538. The highest BCUT2D eigenvalue weighted by Gasteiger charge is 2.39. The normalized spacial score (nSPS) is 13.7. The van der Waals surface area contributed by atoms with Gasteiger partial charge in [0.2, 0.25) is 0 Å². The maximum absolute atomic E-state index is 13.7. The zero-order valence-corrected chi connectivity index (χ0v) is 10.8. The van der Waals surface area contributed by atoms with Crippen LogP contribution in [0.3, 0.4) is 0 Å². The van der Waals surface area contributed by atoms with E-state index >= 15 is 0 Å². The summed E-state index contributed by atoms with van der Waals surface area (Å²) >= 11 is 0. The van der Waals surface area contributed by atoms with Crippen molar-refractivity contribution < 1.29 is 18.6 Å². The summed E-state index contributed by atoms with van der Waals surface area (Å²) in [7, 11) is 1.49. The lowest BCUT2D eigenvalue weighted by molar-refractivity contribution is -0.108. The van der Waals surface area contributed by atoms with Crippen molar-refractivity contribution in [2.45, 2.75) is 31.9 Å². The van der Waals surface area contributed by atoms with Gasteiger partial charge in [-0.25, -0.2) is 8.78 Å². The van der Waals surface area contributed by atoms with Gasteiger partial charge in [-0.3, -0.25) is 0 Å². The number of rotatable bonds is 6. The average Bonchev–Trinajstić information content (AvgIpc) is 2.36. The Kier molecular flexibility index (Phi) is 5.04. The highest BCUT2D eigenvalue weighted by molar-refractivity contribution is 5.29. The Morgan fingerprint density at radius 3 is 2.28 bits per heavy atom. The van der Waals surface area contributed by atoms with Gasteiger partial charge in [-0.05, 0) is 17.7 Å². The summed E-state index contributed by atoms with van der Waals surface area (Å²) < 4.78 is 32.3. The molecule has 1 aromatic rings. The molecule has 3 nitrogen and oxygen atoms in total. The predicted octanol–water partition coefficient (Wildman–Crippen LogP) is 2.36. The number of aliphatic hydroxyl groups is 1. The van der Waals surface area contributed by atoms with E-state index in [9.17, 15) is 13.9 Å². The van der Waals surface area contributed by atoms with Crippen LogP contribution in [0.15, 0.2) is 24.3 Å². The Balaban J connectivity index is 2.74. The van der Waals surface area contributed by atoms with Crippen molar-refractivity contribution in [2.75, 3.05) is 13.7 Å². The molecule has 0 aromatic heterocycles. The summed E-state index contributed by atoms with van der Waals surface area (Å²) in [4.78, 5) is 0. The molecule has 0 saturated heterocycles. The lowest BCUT2D eigenvalue weighted by Gasteiger charge is -2.24. The number of halogens is 2. The van der Waals surface area contributed by atoms with E-state index in [1.807, 2.05) is 0 Å². The van der Waals surface area contributed by atoms with E-state index in [1.165, 1.54) is 19.2 Å². The van der Waals surface area contributed by atoms with Crippen molar-refractivity contribution in [2.24, 2.45) is 0 Å². The second-order valence-corrected chi connectivity index (χ2v) is 4.47. The van der Waals surface area contributed by atoms with E-state index in [1.54, 1.807) is 26.0 Å². The molecule has 0 fully saturated rings. The fourth-order valence-corrected chi connectivity index (χ4v) is 1.47. The van der Waals surface area contributed by atoms with E-state index < -0.39 is 18.6 Å². The molecule has 102 valence electrons. The third kappa shape index (κ3) is 3.92. The first-order valence-electron chi connectivity index (χ1n) is 5.80. The standard InChI is InChI=1S/C13H19F2NO2/c1-9(2)16-8-13(14,15)12(17)10-4-6-11(18-3)7-5-10/h4-7,9,12,16-17H,8H2,1-3H3. The molecule has 1 aromatic carbocycles. The van der Waals surface area contributed by atoms with Gasteiger partial charge in [-0.15, -0.1) is 0 Å². The molecule has 0 aliphatic heterocycles. The number of aliphatic hydroxyl groups excluding tert-OH is 1. The third-order valence-corrected chi connectivity index (χ3v) is 2.58. The minimum Gasteiger partial charge on any atom is -0.497 e. The molecule has 0 spiro atoms. The highest BCUT2D eigenvalue weighted by atomic mass is 19.3. The minimum atomic E-state index is -3.21. The summed E-state index contributed by atoms with van der Waals surface area (Å²) in [6.45, 7) is 2.99. The maximum atomic E-state index is 13.7. The number of methoxy groups -OCH3 is 1. The molecule has 0 bridgehead atoms. The van der Waals surface area contributed by atoms with Crippen molar-refractivity contribution in [1.29, 1.82) is 0 Å². The Hall–Kier alpha value is -1.20. The second-order valence-electron chi connectivity index (χ2n) is 4.47. The van der Waals surface area contributed by atoms with Gasteiger partial charge in [0, 0.05) is 6.04 Å². The first-order valence-corrected chi connectivity index (χ1v) is 5.80. The minimum absolute atomic E-state index is 0.0565. The number of nitrogens with one attached hydrogen (secondary N) is 1. The van der Waals surface area contributed by atoms with Gasteiger partial charge in [-0.1, -0.05) is 26.0 Å². The van der Waals surface area contributed by atoms with Crippen LogP contribution >= 0.6 is 0 Å². The molecule has 1 rings (SSSR count). The predicted molar refractivity (Wildman–Crippen MR) is 66.0 cm³/mol. The summed E-state index contributed by atoms with van der Waals surface area (Å²) in [6, 6.07) is 5.91. The fourth-order valence-electron chi connectivity index (χ4n) is 1.47. The van der Waals surface area contributed by atoms with Gasteiger partial charge < -0.3 is 15.2 Å². The molecule has 2 N–H and O–H groups in total. The lowest BCUT2D eigenvalue weighted by atomic mass is 10.0. The summed E-state index contributed by atoms with van der Waals surface area (Å²) in [5, 5.41) is 12.3. The van der Waals surface area contributed by atoms with E-state index in [4.69, 9.17) is 4.74 Å². The van der Waals surface area contributed by atoms with Crippen molar-refractivity contribution in [1.82, 2.24) is 5.32 Å². The molecule has 0 saturated carbocycles. The highest BCUT2D eigenvalue weighted by Crippen LogP contribution is 2.31. The quantitative estimate of drug-likeness (QED) is 0.824. The summed E-state index contributed by atoms with van der Waals surface area (Å²) in [6.07, 6.45) is -1.82. The van der Waals surface area contributed by atoms with E-state index in [-0.39, 0.29) is 11.6 Å². The zero-order valence-electron chi connectivity index (χ0n) is 10.8. The van der Waals surface area contributed by atoms with Gasteiger partial charge in [0.15, 0.2) is 0 Å². The molecule has 18 heavy (non-hydrogen) atoms. The lowest BCUT2D eigenvalue weighted by Crippen LogP contribution is -2.40. The second kappa shape index (κ2) is 6.11. The van der Waals surface area contributed by atoms with E-state index in [2.05, 4.69) is 5.32 Å². The average molecular weight is 259 g/mol. The van der Waals surface area contributed by atoms with Gasteiger partial charge in [0.25, 0.3) is 5.92 Å².